The molecule has 0 bridgehead atoms. The van der Waals surface area contributed by atoms with E-state index in [0.29, 0.717) is 12.1 Å². The van der Waals surface area contributed by atoms with Gasteiger partial charge in [-0.2, -0.15) is 0 Å². The van der Waals surface area contributed by atoms with Gasteiger partial charge in [0.15, 0.2) is 0 Å². The van der Waals surface area contributed by atoms with Gasteiger partial charge in [0, 0.05) is 19.2 Å². The fourth-order valence-corrected chi connectivity index (χ4v) is 3.36. The van der Waals surface area contributed by atoms with Crippen molar-refractivity contribution in [3.8, 4) is 5.75 Å². The van der Waals surface area contributed by atoms with Crippen molar-refractivity contribution < 1.29 is 14.3 Å². The molecular formula is C22H27N3O3. The van der Waals surface area contributed by atoms with Gasteiger partial charge in [0.25, 0.3) is 5.91 Å². The molecule has 1 aliphatic heterocycles. The summed E-state index contributed by atoms with van der Waals surface area (Å²) in [6.45, 7) is 6.06. The molecule has 2 amide bonds. The number of hydrogen-bond donors (Lipinski definition) is 1. The fraction of sp³-hybridized carbons (Fsp3) is 0.364. The molecule has 0 aromatic heterocycles. The van der Waals surface area contributed by atoms with E-state index in [2.05, 4.69) is 17.1 Å². The van der Waals surface area contributed by atoms with Crippen LogP contribution in [0.25, 0.3) is 0 Å². The molecule has 2 aromatic carbocycles. The van der Waals surface area contributed by atoms with Gasteiger partial charge in [0.2, 0.25) is 5.91 Å². The van der Waals surface area contributed by atoms with E-state index in [1.165, 1.54) is 0 Å². The fourth-order valence-electron chi connectivity index (χ4n) is 3.36. The third kappa shape index (κ3) is 4.63. The van der Waals surface area contributed by atoms with Gasteiger partial charge < -0.3 is 19.9 Å². The number of likely N-dealkylation sites (N-methyl/N-ethyl adjacent to an activating group) is 2. The number of fused-ring (bicyclic) bond motifs is 1. The molecule has 1 heterocycles. The maximum atomic E-state index is 12.5. The number of benzene rings is 2. The van der Waals surface area contributed by atoms with Crippen LogP contribution in [-0.4, -0.2) is 56.0 Å². The quantitative estimate of drug-likeness (QED) is 0.835. The molecular weight excluding hydrogens is 354 g/mol. The smallest absolute Gasteiger partial charge is 0.251 e. The standard InChI is InChI=1S/C22H27N3O3/c1-4-25-15-18(28-20-11-6-5-10-19(20)25)14-24(3)21(26)13-23-22(27)17-9-7-8-16(2)12-17/h5-12,18H,4,13-15H2,1-3H3,(H,23,27). The zero-order valence-corrected chi connectivity index (χ0v) is 16.6. The number of carbonyl (C=O) groups is 2. The summed E-state index contributed by atoms with van der Waals surface area (Å²) in [6.07, 6.45) is -0.115. The van der Waals surface area contributed by atoms with Crippen molar-refractivity contribution in [2.24, 2.45) is 0 Å². The summed E-state index contributed by atoms with van der Waals surface area (Å²) < 4.78 is 6.07. The molecule has 0 spiro atoms. The van der Waals surface area contributed by atoms with E-state index in [9.17, 15) is 9.59 Å². The van der Waals surface area contributed by atoms with Crippen LogP contribution in [0.2, 0.25) is 0 Å². The Hall–Kier alpha value is -3.02. The lowest BCUT2D eigenvalue weighted by Gasteiger charge is -2.37. The predicted octanol–water partition coefficient (Wildman–Crippen LogP) is 2.47. The monoisotopic (exact) mass is 381 g/mol. The van der Waals surface area contributed by atoms with Gasteiger partial charge in [-0.05, 0) is 38.1 Å². The highest BCUT2D eigenvalue weighted by molar-refractivity contribution is 5.96. The molecule has 148 valence electrons. The Labute approximate surface area is 166 Å². The summed E-state index contributed by atoms with van der Waals surface area (Å²) in [7, 11) is 1.74. The van der Waals surface area contributed by atoms with Crippen LogP contribution in [0.3, 0.4) is 0 Å². The second-order valence-corrected chi connectivity index (χ2v) is 7.07. The van der Waals surface area contributed by atoms with Crippen LogP contribution in [0.15, 0.2) is 48.5 Å². The number of aryl methyl sites for hydroxylation is 1. The van der Waals surface area contributed by atoms with Crippen molar-refractivity contribution in [3.05, 3.63) is 59.7 Å². The highest BCUT2D eigenvalue weighted by atomic mass is 16.5. The minimum Gasteiger partial charge on any atom is -0.485 e. The van der Waals surface area contributed by atoms with Gasteiger partial charge in [-0.15, -0.1) is 0 Å². The van der Waals surface area contributed by atoms with Crippen molar-refractivity contribution in [3.63, 3.8) is 0 Å². The van der Waals surface area contributed by atoms with E-state index in [0.717, 1.165) is 30.1 Å². The normalized spacial score (nSPS) is 15.4. The Morgan fingerprint density at radius 3 is 2.75 bits per heavy atom. The van der Waals surface area contributed by atoms with E-state index in [1.54, 1.807) is 24.1 Å². The first-order valence-corrected chi connectivity index (χ1v) is 9.57. The van der Waals surface area contributed by atoms with Crippen LogP contribution < -0.4 is 15.0 Å². The Kier molecular flexibility index (Phi) is 6.19. The number of para-hydroxylation sites is 2. The zero-order chi connectivity index (χ0) is 20.1. The van der Waals surface area contributed by atoms with Crippen molar-refractivity contribution in [2.75, 3.05) is 38.1 Å². The van der Waals surface area contributed by atoms with Crippen molar-refractivity contribution in [1.29, 1.82) is 0 Å². The second kappa shape index (κ2) is 8.78. The maximum Gasteiger partial charge on any atom is 0.251 e. The van der Waals surface area contributed by atoms with Gasteiger partial charge in [-0.25, -0.2) is 0 Å². The molecule has 6 heteroatoms. The molecule has 1 atom stereocenters. The first-order valence-electron chi connectivity index (χ1n) is 9.57. The molecule has 1 unspecified atom stereocenters. The van der Waals surface area contributed by atoms with Crippen molar-refractivity contribution in [2.45, 2.75) is 20.0 Å². The predicted molar refractivity (Wildman–Crippen MR) is 110 cm³/mol. The minimum absolute atomic E-state index is 0.0376. The molecule has 0 radical (unpaired) electrons. The van der Waals surface area contributed by atoms with Crippen molar-refractivity contribution in [1.82, 2.24) is 10.2 Å². The van der Waals surface area contributed by atoms with Crippen LogP contribution in [0.1, 0.15) is 22.8 Å². The summed E-state index contributed by atoms with van der Waals surface area (Å²) in [5.41, 5.74) is 2.65. The Bertz CT molecular complexity index is 852. The van der Waals surface area contributed by atoms with Crippen molar-refractivity contribution >= 4 is 17.5 Å². The van der Waals surface area contributed by atoms with Crippen LogP contribution in [0.4, 0.5) is 5.69 Å². The summed E-state index contributed by atoms with van der Waals surface area (Å²) in [5.74, 6) is 0.450. The number of amides is 2. The molecule has 6 nitrogen and oxygen atoms in total. The van der Waals surface area contributed by atoms with Crippen LogP contribution in [0.5, 0.6) is 5.75 Å². The highest BCUT2D eigenvalue weighted by Crippen LogP contribution is 2.32. The van der Waals surface area contributed by atoms with Crippen LogP contribution >= 0.6 is 0 Å². The molecule has 0 saturated carbocycles. The molecule has 0 fully saturated rings. The molecule has 2 aromatic rings. The number of anilines is 1. The summed E-state index contributed by atoms with van der Waals surface area (Å²) >= 11 is 0. The highest BCUT2D eigenvalue weighted by Gasteiger charge is 2.26. The summed E-state index contributed by atoms with van der Waals surface area (Å²) in [4.78, 5) is 28.5. The van der Waals surface area contributed by atoms with Gasteiger partial charge in [0.05, 0.1) is 25.3 Å². The lowest BCUT2D eigenvalue weighted by atomic mass is 10.1. The third-order valence-electron chi connectivity index (χ3n) is 4.89. The Balaban J connectivity index is 1.54. The topological polar surface area (TPSA) is 61.9 Å². The van der Waals surface area contributed by atoms with Crippen LogP contribution in [-0.2, 0) is 4.79 Å². The number of carbonyl (C=O) groups excluding carboxylic acids is 2. The van der Waals surface area contributed by atoms with E-state index in [-0.39, 0.29) is 24.5 Å². The minimum atomic E-state index is -0.245. The average Bonchev–Trinajstić information content (AvgIpc) is 2.71. The van der Waals surface area contributed by atoms with Crippen LogP contribution in [0, 0.1) is 6.92 Å². The number of nitrogens with zero attached hydrogens (tertiary/aromatic N) is 2. The number of hydrogen-bond acceptors (Lipinski definition) is 4. The first kappa shape index (κ1) is 19.7. The van der Waals surface area contributed by atoms with Gasteiger partial charge in [-0.1, -0.05) is 29.8 Å². The second-order valence-electron chi connectivity index (χ2n) is 7.07. The molecule has 1 aliphatic rings. The zero-order valence-electron chi connectivity index (χ0n) is 16.6. The first-order chi connectivity index (χ1) is 13.5. The SMILES string of the molecule is CCN1CC(CN(C)C(=O)CNC(=O)c2cccc(C)c2)Oc2ccccc21. The lowest BCUT2D eigenvalue weighted by Crippen LogP contribution is -2.48. The summed E-state index contributed by atoms with van der Waals surface area (Å²) in [6, 6.07) is 15.2. The number of rotatable bonds is 6. The molecule has 28 heavy (non-hydrogen) atoms. The van der Waals surface area contributed by atoms with E-state index < -0.39 is 0 Å². The van der Waals surface area contributed by atoms with Gasteiger partial charge in [-0.3, -0.25) is 9.59 Å². The third-order valence-corrected chi connectivity index (χ3v) is 4.89. The molecule has 1 N–H and O–H groups in total. The average molecular weight is 381 g/mol. The maximum absolute atomic E-state index is 12.5. The van der Waals surface area contributed by atoms with E-state index in [1.807, 2.05) is 43.3 Å². The lowest BCUT2D eigenvalue weighted by molar-refractivity contribution is -0.129. The number of nitrogens with one attached hydrogen (secondary N) is 1. The molecule has 3 rings (SSSR count). The summed E-state index contributed by atoms with van der Waals surface area (Å²) in [5, 5.41) is 2.70. The van der Waals surface area contributed by atoms with Gasteiger partial charge in [0.1, 0.15) is 11.9 Å². The number of ether oxygens (including phenoxy) is 1. The largest absolute Gasteiger partial charge is 0.485 e. The Morgan fingerprint density at radius 1 is 1.21 bits per heavy atom. The van der Waals surface area contributed by atoms with E-state index >= 15 is 0 Å². The molecule has 0 saturated heterocycles. The molecule has 0 aliphatic carbocycles. The van der Waals surface area contributed by atoms with Gasteiger partial charge >= 0.3 is 0 Å². The van der Waals surface area contributed by atoms with E-state index in [4.69, 9.17) is 4.74 Å². The Morgan fingerprint density at radius 2 is 2.00 bits per heavy atom.